The number of carbonyl (C=O) groups excluding carboxylic acids is 1. The molecule has 0 aromatic heterocycles. The van der Waals surface area contributed by atoms with Crippen LogP contribution in [-0.4, -0.2) is 29.1 Å². The standard InChI is InChI=1S/C24H25NO3/c26-18-22-13-7-8-14-23(22)28-19-24(27)25(17-21-11-5-2-6-12-21)16-15-20-9-3-1-4-10-20/h1-14,26H,15-19H2. The Morgan fingerprint density at radius 2 is 1.43 bits per heavy atom. The maximum Gasteiger partial charge on any atom is 0.260 e. The summed E-state index contributed by atoms with van der Waals surface area (Å²) in [5.74, 6) is 0.466. The fourth-order valence-electron chi connectivity index (χ4n) is 3.01. The number of aliphatic hydroxyl groups excluding tert-OH is 1. The molecule has 0 saturated heterocycles. The highest BCUT2D eigenvalue weighted by Crippen LogP contribution is 2.18. The van der Waals surface area contributed by atoms with E-state index in [0.717, 1.165) is 12.0 Å². The first kappa shape index (κ1) is 19.6. The van der Waals surface area contributed by atoms with E-state index in [4.69, 9.17) is 4.74 Å². The second kappa shape index (κ2) is 10.3. The van der Waals surface area contributed by atoms with E-state index >= 15 is 0 Å². The zero-order valence-electron chi connectivity index (χ0n) is 15.8. The molecule has 0 heterocycles. The van der Waals surface area contributed by atoms with E-state index in [-0.39, 0.29) is 19.1 Å². The molecule has 1 N–H and O–H groups in total. The van der Waals surface area contributed by atoms with Crippen molar-refractivity contribution in [1.29, 1.82) is 0 Å². The van der Waals surface area contributed by atoms with Gasteiger partial charge in [-0.2, -0.15) is 0 Å². The molecular formula is C24H25NO3. The van der Waals surface area contributed by atoms with Crippen LogP contribution in [0.3, 0.4) is 0 Å². The molecule has 28 heavy (non-hydrogen) atoms. The molecule has 4 heteroatoms. The third-order valence-electron chi connectivity index (χ3n) is 4.58. The van der Waals surface area contributed by atoms with Crippen molar-refractivity contribution in [2.45, 2.75) is 19.6 Å². The van der Waals surface area contributed by atoms with Crippen LogP contribution < -0.4 is 4.74 Å². The molecule has 0 atom stereocenters. The lowest BCUT2D eigenvalue weighted by atomic mass is 10.1. The van der Waals surface area contributed by atoms with Crippen LogP contribution in [0, 0.1) is 0 Å². The van der Waals surface area contributed by atoms with Gasteiger partial charge in [0.2, 0.25) is 0 Å². The summed E-state index contributed by atoms with van der Waals surface area (Å²) in [4.78, 5) is 14.7. The van der Waals surface area contributed by atoms with Gasteiger partial charge in [0.05, 0.1) is 6.61 Å². The van der Waals surface area contributed by atoms with E-state index in [2.05, 4.69) is 12.1 Å². The number of hydrogen-bond acceptors (Lipinski definition) is 3. The van der Waals surface area contributed by atoms with Crippen LogP contribution in [0.2, 0.25) is 0 Å². The van der Waals surface area contributed by atoms with Crippen LogP contribution in [0.4, 0.5) is 0 Å². The van der Waals surface area contributed by atoms with Gasteiger partial charge in [0.15, 0.2) is 6.61 Å². The summed E-state index contributed by atoms with van der Waals surface area (Å²) in [6.07, 6.45) is 0.784. The molecule has 0 radical (unpaired) electrons. The highest BCUT2D eigenvalue weighted by atomic mass is 16.5. The Labute approximate surface area is 166 Å². The molecule has 0 spiro atoms. The summed E-state index contributed by atoms with van der Waals surface area (Å²) in [5.41, 5.74) is 2.95. The van der Waals surface area contributed by atoms with E-state index in [1.54, 1.807) is 12.1 Å². The van der Waals surface area contributed by atoms with Gasteiger partial charge in [-0.1, -0.05) is 78.9 Å². The average Bonchev–Trinajstić information content (AvgIpc) is 2.76. The van der Waals surface area contributed by atoms with E-state index in [9.17, 15) is 9.90 Å². The van der Waals surface area contributed by atoms with Gasteiger partial charge in [-0.05, 0) is 23.6 Å². The largest absolute Gasteiger partial charge is 0.483 e. The van der Waals surface area contributed by atoms with Crippen molar-refractivity contribution in [2.24, 2.45) is 0 Å². The van der Waals surface area contributed by atoms with Crippen LogP contribution in [0.25, 0.3) is 0 Å². The molecule has 4 nitrogen and oxygen atoms in total. The molecule has 3 rings (SSSR count). The molecule has 3 aromatic rings. The van der Waals surface area contributed by atoms with Crippen molar-refractivity contribution in [3.8, 4) is 5.75 Å². The summed E-state index contributed by atoms with van der Waals surface area (Å²) >= 11 is 0. The predicted molar refractivity (Wildman–Crippen MR) is 110 cm³/mol. The zero-order valence-corrected chi connectivity index (χ0v) is 15.8. The predicted octanol–water partition coefficient (Wildman–Crippen LogP) is 3.83. The number of para-hydroxylation sites is 1. The highest BCUT2D eigenvalue weighted by Gasteiger charge is 2.15. The third-order valence-corrected chi connectivity index (χ3v) is 4.58. The number of carbonyl (C=O) groups is 1. The fraction of sp³-hybridized carbons (Fsp3) is 0.208. The van der Waals surface area contributed by atoms with Gasteiger partial charge in [-0.25, -0.2) is 0 Å². The van der Waals surface area contributed by atoms with Gasteiger partial charge in [-0.15, -0.1) is 0 Å². The summed E-state index contributed by atoms with van der Waals surface area (Å²) in [6.45, 7) is 0.977. The number of hydrogen-bond donors (Lipinski definition) is 1. The minimum Gasteiger partial charge on any atom is -0.483 e. The molecular weight excluding hydrogens is 350 g/mol. The van der Waals surface area contributed by atoms with Crippen LogP contribution >= 0.6 is 0 Å². The van der Waals surface area contributed by atoms with Gasteiger partial charge in [0.1, 0.15) is 5.75 Å². The lowest BCUT2D eigenvalue weighted by Gasteiger charge is -2.23. The normalized spacial score (nSPS) is 10.5. The first-order valence-corrected chi connectivity index (χ1v) is 9.43. The maximum absolute atomic E-state index is 12.9. The molecule has 144 valence electrons. The number of rotatable bonds is 9. The van der Waals surface area contributed by atoms with Crippen molar-refractivity contribution in [2.75, 3.05) is 13.2 Å². The van der Waals surface area contributed by atoms with Crippen LogP contribution in [-0.2, 0) is 24.4 Å². The molecule has 0 fully saturated rings. The Kier molecular flexibility index (Phi) is 7.21. The number of amides is 1. The van der Waals surface area contributed by atoms with Crippen LogP contribution in [0.5, 0.6) is 5.75 Å². The Hall–Kier alpha value is -3.11. The van der Waals surface area contributed by atoms with Gasteiger partial charge in [-0.3, -0.25) is 4.79 Å². The van der Waals surface area contributed by atoms with Crippen molar-refractivity contribution in [1.82, 2.24) is 4.90 Å². The Morgan fingerprint density at radius 3 is 2.11 bits per heavy atom. The Morgan fingerprint density at radius 1 is 0.821 bits per heavy atom. The smallest absolute Gasteiger partial charge is 0.260 e. The maximum atomic E-state index is 12.9. The molecule has 0 saturated carbocycles. The molecule has 0 aliphatic carbocycles. The van der Waals surface area contributed by atoms with Gasteiger partial charge in [0, 0.05) is 18.7 Å². The molecule has 0 aliphatic rings. The summed E-state index contributed by atoms with van der Waals surface area (Å²) in [6, 6.07) is 27.3. The van der Waals surface area contributed by atoms with Crippen molar-refractivity contribution >= 4 is 5.91 Å². The number of benzene rings is 3. The molecule has 0 aliphatic heterocycles. The van der Waals surface area contributed by atoms with Crippen LogP contribution in [0.1, 0.15) is 16.7 Å². The summed E-state index contributed by atoms with van der Waals surface area (Å²) in [5, 5.41) is 9.42. The van der Waals surface area contributed by atoms with Crippen LogP contribution in [0.15, 0.2) is 84.9 Å². The van der Waals surface area contributed by atoms with E-state index in [1.165, 1.54) is 5.56 Å². The fourth-order valence-corrected chi connectivity index (χ4v) is 3.01. The Bertz CT molecular complexity index is 865. The first-order chi connectivity index (χ1) is 13.8. The Balaban J connectivity index is 1.66. The topological polar surface area (TPSA) is 49.8 Å². The second-order valence-corrected chi connectivity index (χ2v) is 6.59. The molecule has 3 aromatic carbocycles. The third kappa shape index (κ3) is 5.69. The lowest BCUT2D eigenvalue weighted by molar-refractivity contribution is -0.134. The van der Waals surface area contributed by atoms with Crippen molar-refractivity contribution in [3.05, 3.63) is 102 Å². The lowest BCUT2D eigenvalue weighted by Crippen LogP contribution is -2.36. The zero-order chi connectivity index (χ0) is 19.6. The summed E-state index contributed by atoms with van der Waals surface area (Å²) < 4.78 is 5.71. The van der Waals surface area contributed by atoms with E-state index < -0.39 is 0 Å². The minimum atomic E-state index is -0.119. The quantitative estimate of drug-likeness (QED) is 0.618. The van der Waals surface area contributed by atoms with E-state index in [1.807, 2.05) is 65.6 Å². The minimum absolute atomic E-state index is 0.0569. The molecule has 1 amide bonds. The highest BCUT2D eigenvalue weighted by molar-refractivity contribution is 5.77. The molecule has 0 unspecified atom stereocenters. The van der Waals surface area contributed by atoms with Crippen molar-refractivity contribution in [3.63, 3.8) is 0 Å². The molecule has 0 bridgehead atoms. The van der Waals surface area contributed by atoms with Gasteiger partial charge in [0.25, 0.3) is 5.91 Å². The van der Waals surface area contributed by atoms with Gasteiger partial charge < -0.3 is 14.7 Å². The average molecular weight is 375 g/mol. The van der Waals surface area contributed by atoms with Gasteiger partial charge >= 0.3 is 0 Å². The number of ether oxygens (including phenoxy) is 1. The second-order valence-electron chi connectivity index (χ2n) is 6.59. The van der Waals surface area contributed by atoms with E-state index in [0.29, 0.717) is 24.4 Å². The monoisotopic (exact) mass is 375 g/mol. The SMILES string of the molecule is O=C(COc1ccccc1CO)N(CCc1ccccc1)Cc1ccccc1. The summed E-state index contributed by atoms with van der Waals surface area (Å²) in [7, 11) is 0. The first-order valence-electron chi connectivity index (χ1n) is 9.43. The van der Waals surface area contributed by atoms with Crippen molar-refractivity contribution < 1.29 is 14.6 Å². The number of nitrogens with zero attached hydrogens (tertiary/aromatic N) is 1. The number of aliphatic hydroxyl groups is 1.